The third-order valence-corrected chi connectivity index (χ3v) is 7.20. The zero-order valence-electron chi connectivity index (χ0n) is 11.9. The van der Waals surface area contributed by atoms with Crippen molar-refractivity contribution in [3.63, 3.8) is 0 Å². The number of thiophene rings is 1. The van der Waals surface area contributed by atoms with Crippen molar-refractivity contribution in [3.05, 3.63) is 14.7 Å². The molecular formula is C13H21BrN2O2S2. The first-order valence-electron chi connectivity index (χ1n) is 6.94. The van der Waals surface area contributed by atoms with E-state index < -0.39 is 10.0 Å². The van der Waals surface area contributed by atoms with Crippen molar-refractivity contribution in [2.24, 2.45) is 0 Å². The summed E-state index contributed by atoms with van der Waals surface area (Å²) in [7, 11) is -3.36. The van der Waals surface area contributed by atoms with E-state index in [1.165, 1.54) is 11.3 Å². The van der Waals surface area contributed by atoms with Crippen LogP contribution < -0.4 is 5.32 Å². The lowest BCUT2D eigenvalue weighted by molar-refractivity contribution is 0.284. The Labute approximate surface area is 133 Å². The van der Waals surface area contributed by atoms with Crippen molar-refractivity contribution < 1.29 is 8.42 Å². The summed E-state index contributed by atoms with van der Waals surface area (Å²) in [5.74, 6) is 0. The number of sulfonamides is 1. The van der Waals surface area contributed by atoms with E-state index >= 15 is 0 Å². The Morgan fingerprint density at radius 3 is 2.90 bits per heavy atom. The number of aryl methyl sites for hydroxylation is 1. The molecule has 1 aliphatic rings. The number of hydrogen-bond donors (Lipinski definition) is 1. The van der Waals surface area contributed by atoms with Crippen molar-refractivity contribution in [3.8, 4) is 0 Å². The maximum Gasteiger partial charge on any atom is 0.244 e. The molecule has 0 saturated carbocycles. The number of rotatable bonds is 5. The highest BCUT2D eigenvalue weighted by molar-refractivity contribution is 9.11. The molecule has 7 heteroatoms. The zero-order chi connectivity index (χ0) is 14.8. The number of piperidine rings is 1. The van der Waals surface area contributed by atoms with Crippen LogP contribution in [-0.2, 0) is 10.0 Å². The van der Waals surface area contributed by atoms with Crippen LogP contribution in [0.2, 0.25) is 0 Å². The molecule has 1 unspecified atom stereocenters. The van der Waals surface area contributed by atoms with E-state index in [1.807, 2.05) is 6.92 Å². The van der Waals surface area contributed by atoms with Gasteiger partial charge in [0, 0.05) is 24.0 Å². The summed E-state index contributed by atoms with van der Waals surface area (Å²) in [6.07, 6.45) is 3.04. The Morgan fingerprint density at radius 2 is 2.30 bits per heavy atom. The van der Waals surface area contributed by atoms with Crippen LogP contribution in [0, 0.1) is 6.92 Å². The molecule has 1 aromatic heterocycles. The molecule has 0 bridgehead atoms. The molecule has 0 radical (unpaired) electrons. The molecule has 20 heavy (non-hydrogen) atoms. The molecule has 1 atom stereocenters. The first-order chi connectivity index (χ1) is 9.45. The topological polar surface area (TPSA) is 49.4 Å². The average Bonchev–Trinajstić information content (AvgIpc) is 2.76. The second-order valence-electron chi connectivity index (χ2n) is 5.13. The molecule has 1 N–H and O–H groups in total. The fourth-order valence-corrected chi connectivity index (χ4v) is 6.41. The molecule has 4 nitrogen and oxygen atoms in total. The lowest BCUT2D eigenvalue weighted by Crippen LogP contribution is -2.48. The molecule has 114 valence electrons. The quantitative estimate of drug-likeness (QED) is 0.853. The van der Waals surface area contributed by atoms with E-state index in [4.69, 9.17) is 0 Å². The Bertz CT molecular complexity index is 557. The van der Waals surface area contributed by atoms with Crippen molar-refractivity contribution in [1.29, 1.82) is 0 Å². The predicted octanol–water partition coefficient (Wildman–Crippen LogP) is 2.97. The van der Waals surface area contributed by atoms with Crippen LogP contribution in [0.4, 0.5) is 0 Å². The van der Waals surface area contributed by atoms with Gasteiger partial charge in [-0.15, -0.1) is 11.3 Å². The molecule has 2 rings (SSSR count). The van der Waals surface area contributed by atoms with Gasteiger partial charge >= 0.3 is 0 Å². The Hall–Kier alpha value is 0.0500. The molecule has 1 aliphatic heterocycles. The van der Waals surface area contributed by atoms with Gasteiger partial charge in [0.25, 0.3) is 0 Å². The highest BCUT2D eigenvalue weighted by Crippen LogP contribution is 2.32. The van der Waals surface area contributed by atoms with E-state index in [0.29, 0.717) is 18.0 Å². The summed E-state index contributed by atoms with van der Waals surface area (Å²) >= 11 is 4.84. The largest absolute Gasteiger partial charge is 0.313 e. The summed E-state index contributed by atoms with van der Waals surface area (Å²) < 4.78 is 27.9. The summed E-state index contributed by atoms with van der Waals surface area (Å²) in [5.41, 5.74) is 0. The highest BCUT2D eigenvalue weighted by atomic mass is 79.9. The molecule has 1 saturated heterocycles. The third-order valence-electron chi connectivity index (χ3n) is 3.53. The monoisotopic (exact) mass is 380 g/mol. The number of nitrogens with one attached hydrogen (secondary N) is 1. The van der Waals surface area contributed by atoms with E-state index in [0.717, 1.165) is 34.5 Å². The minimum Gasteiger partial charge on any atom is -0.313 e. The van der Waals surface area contributed by atoms with Gasteiger partial charge in [0.1, 0.15) is 0 Å². The molecule has 1 fully saturated rings. The van der Waals surface area contributed by atoms with Crippen LogP contribution in [0.15, 0.2) is 14.7 Å². The SMILES string of the molecule is CCCNC1CCCN(S(=O)(=O)c2cc(Br)sc2C)C1. The number of halogens is 1. The minimum atomic E-state index is -3.36. The van der Waals surface area contributed by atoms with Crippen LogP contribution in [0.5, 0.6) is 0 Å². The molecule has 0 aromatic carbocycles. The van der Waals surface area contributed by atoms with Crippen LogP contribution in [0.3, 0.4) is 0 Å². The predicted molar refractivity (Wildman–Crippen MR) is 86.8 cm³/mol. The first kappa shape index (κ1) is 16.4. The van der Waals surface area contributed by atoms with Crippen LogP contribution in [0.1, 0.15) is 31.1 Å². The molecular weight excluding hydrogens is 360 g/mol. The number of nitrogens with zero attached hydrogens (tertiary/aromatic N) is 1. The summed E-state index contributed by atoms with van der Waals surface area (Å²) in [5, 5.41) is 3.43. The summed E-state index contributed by atoms with van der Waals surface area (Å²) in [6.45, 7) is 6.13. The molecule has 2 heterocycles. The fourth-order valence-electron chi connectivity index (χ4n) is 2.50. The third kappa shape index (κ3) is 3.62. The van der Waals surface area contributed by atoms with E-state index in [1.54, 1.807) is 10.4 Å². The van der Waals surface area contributed by atoms with E-state index in [9.17, 15) is 8.42 Å². The van der Waals surface area contributed by atoms with Gasteiger partial charge in [-0.3, -0.25) is 0 Å². The first-order valence-corrected chi connectivity index (χ1v) is 9.99. The maximum absolute atomic E-state index is 12.7. The van der Waals surface area contributed by atoms with Crippen molar-refractivity contribution in [2.45, 2.75) is 44.0 Å². The lowest BCUT2D eigenvalue weighted by Gasteiger charge is -2.32. The Balaban J connectivity index is 2.15. The van der Waals surface area contributed by atoms with Crippen molar-refractivity contribution in [1.82, 2.24) is 9.62 Å². The normalized spacial score (nSPS) is 21.2. The van der Waals surface area contributed by atoms with Crippen molar-refractivity contribution >= 4 is 37.3 Å². The van der Waals surface area contributed by atoms with Gasteiger partial charge in [-0.2, -0.15) is 4.31 Å². The minimum absolute atomic E-state index is 0.279. The van der Waals surface area contributed by atoms with E-state index in [2.05, 4.69) is 28.2 Å². The van der Waals surface area contributed by atoms with Gasteiger partial charge < -0.3 is 5.32 Å². The van der Waals surface area contributed by atoms with Crippen LogP contribution in [-0.4, -0.2) is 38.4 Å². The van der Waals surface area contributed by atoms with Gasteiger partial charge in [0.05, 0.1) is 8.68 Å². The molecule has 0 aliphatic carbocycles. The average molecular weight is 381 g/mol. The molecule has 0 spiro atoms. The van der Waals surface area contributed by atoms with Gasteiger partial charge in [-0.1, -0.05) is 6.92 Å². The second kappa shape index (κ2) is 6.87. The van der Waals surface area contributed by atoms with Gasteiger partial charge in [0.15, 0.2) is 0 Å². The van der Waals surface area contributed by atoms with Crippen LogP contribution >= 0.6 is 27.3 Å². The second-order valence-corrected chi connectivity index (χ2v) is 9.67. The van der Waals surface area contributed by atoms with E-state index in [-0.39, 0.29) is 6.04 Å². The Kier molecular flexibility index (Phi) is 5.64. The standard InChI is InChI=1S/C13H21BrN2O2S2/c1-3-6-15-11-5-4-7-16(9-11)20(17,18)12-8-13(14)19-10(12)2/h8,11,15H,3-7,9H2,1-2H3. The maximum atomic E-state index is 12.7. The summed E-state index contributed by atoms with van der Waals surface area (Å²) in [6, 6.07) is 2.00. The van der Waals surface area contributed by atoms with Gasteiger partial charge in [-0.25, -0.2) is 8.42 Å². The molecule has 1 aromatic rings. The fraction of sp³-hybridized carbons (Fsp3) is 0.692. The van der Waals surface area contributed by atoms with Gasteiger partial charge in [-0.05, 0) is 54.7 Å². The van der Waals surface area contributed by atoms with Gasteiger partial charge in [0.2, 0.25) is 10.0 Å². The lowest BCUT2D eigenvalue weighted by atomic mass is 10.1. The highest BCUT2D eigenvalue weighted by Gasteiger charge is 2.31. The zero-order valence-corrected chi connectivity index (χ0v) is 15.1. The smallest absolute Gasteiger partial charge is 0.244 e. The summed E-state index contributed by atoms with van der Waals surface area (Å²) in [4.78, 5) is 1.30. The number of hydrogen-bond acceptors (Lipinski definition) is 4. The van der Waals surface area contributed by atoms with Crippen molar-refractivity contribution in [2.75, 3.05) is 19.6 Å². The molecule has 0 amide bonds. The van der Waals surface area contributed by atoms with Crippen LogP contribution in [0.25, 0.3) is 0 Å². The Morgan fingerprint density at radius 1 is 1.55 bits per heavy atom.